The summed E-state index contributed by atoms with van der Waals surface area (Å²) < 4.78 is 34.4. The maximum Gasteiger partial charge on any atom is 0.316 e. The molecule has 0 aromatic carbocycles. The Morgan fingerprint density at radius 1 is 1.17 bits per heavy atom. The van der Waals surface area contributed by atoms with E-state index in [4.69, 9.17) is 4.74 Å². The Morgan fingerprint density at radius 3 is 2.17 bits per heavy atom. The fraction of sp³-hybridized carbons (Fsp3) is 0.500. The zero-order chi connectivity index (χ0) is 17.4. The molecule has 2 heterocycles. The van der Waals surface area contributed by atoms with E-state index in [1.165, 1.54) is 13.3 Å². The summed E-state index contributed by atoms with van der Waals surface area (Å²) in [5.74, 6) is 0.821. The smallest absolute Gasteiger partial charge is 0.316 e. The molecule has 126 valence electrons. The van der Waals surface area contributed by atoms with Crippen LogP contribution in [0.2, 0.25) is 0 Å². The summed E-state index contributed by atoms with van der Waals surface area (Å²) in [7, 11) is -0.586. The number of aryl methyl sites for hydroxylation is 3. The predicted molar refractivity (Wildman–Crippen MR) is 86.2 cm³/mol. The summed E-state index contributed by atoms with van der Waals surface area (Å²) in [5.41, 5.74) is 1.30. The van der Waals surface area contributed by atoms with Crippen molar-refractivity contribution in [2.24, 2.45) is 7.05 Å². The van der Waals surface area contributed by atoms with Crippen LogP contribution >= 0.6 is 0 Å². The third kappa shape index (κ3) is 3.44. The summed E-state index contributed by atoms with van der Waals surface area (Å²) in [6.07, 6.45) is 1.49. The van der Waals surface area contributed by atoms with Crippen LogP contribution in [0.1, 0.15) is 37.0 Å². The average Bonchev–Trinajstić information content (AvgIpc) is 2.85. The molecule has 0 atom stereocenters. The van der Waals surface area contributed by atoms with E-state index in [1.807, 2.05) is 13.8 Å². The number of nitrogens with one attached hydrogen (secondary N) is 1. The van der Waals surface area contributed by atoms with Gasteiger partial charge in [0.25, 0.3) is 10.0 Å². The highest BCUT2D eigenvalue weighted by Crippen LogP contribution is 2.23. The van der Waals surface area contributed by atoms with E-state index in [0.717, 1.165) is 0 Å². The van der Waals surface area contributed by atoms with Gasteiger partial charge in [-0.1, -0.05) is 13.8 Å². The first-order chi connectivity index (χ1) is 10.7. The van der Waals surface area contributed by atoms with E-state index in [9.17, 15) is 8.42 Å². The van der Waals surface area contributed by atoms with Crippen LogP contribution in [0.15, 0.2) is 11.2 Å². The lowest BCUT2D eigenvalue weighted by Crippen LogP contribution is -2.16. The van der Waals surface area contributed by atoms with E-state index < -0.39 is 10.0 Å². The molecule has 2 aromatic rings. The summed E-state index contributed by atoms with van der Waals surface area (Å²) in [5, 5.41) is -0.0293. The number of sulfonamides is 1. The first kappa shape index (κ1) is 17.2. The van der Waals surface area contributed by atoms with E-state index in [0.29, 0.717) is 22.9 Å². The van der Waals surface area contributed by atoms with Crippen LogP contribution in [-0.4, -0.2) is 35.0 Å². The minimum Gasteiger partial charge on any atom is -0.467 e. The monoisotopic (exact) mass is 339 g/mol. The van der Waals surface area contributed by atoms with Gasteiger partial charge in [-0.2, -0.15) is 18.4 Å². The van der Waals surface area contributed by atoms with Crippen LogP contribution in [0.4, 0.5) is 5.69 Å². The molecule has 1 N–H and O–H groups in total. The maximum atomic E-state index is 12.6. The molecular formula is C14H21N5O3S. The number of imidazole rings is 1. The number of rotatable bonds is 5. The molecule has 9 heteroatoms. The lowest BCUT2D eigenvalue weighted by molar-refractivity contribution is 0.378. The summed E-state index contributed by atoms with van der Waals surface area (Å²) in [4.78, 5) is 12.4. The molecule has 0 spiro atoms. The molecule has 0 saturated carbocycles. The molecule has 0 unspecified atom stereocenters. The number of nitrogens with zero attached hydrogens (tertiary/aromatic N) is 4. The first-order valence-electron chi connectivity index (χ1n) is 7.11. The van der Waals surface area contributed by atoms with Gasteiger partial charge in [-0.25, -0.2) is 4.98 Å². The lowest BCUT2D eigenvalue weighted by Gasteiger charge is -2.11. The highest BCUT2D eigenvalue weighted by molar-refractivity contribution is 7.92. The van der Waals surface area contributed by atoms with Crippen molar-refractivity contribution in [3.8, 4) is 6.01 Å². The standard InChI is InChI=1S/C14H21N5O3S/c1-8(2)13-17-11(7-19(13)5)23(20,21)18-12-9(3)15-14(22-6)16-10(12)4/h7-8,18H,1-6H3. The van der Waals surface area contributed by atoms with Gasteiger partial charge in [0.1, 0.15) is 5.82 Å². The van der Waals surface area contributed by atoms with Crippen LogP contribution in [-0.2, 0) is 17.1 Å². The molecule has 8 nitrogen and oxygen atoms in total. The zero-order valence-electron chi connectivity index (χ0n) is 14.1. The topological polar surface area (TPSA) is 99.0 Å². The van der Waals surface area contributed by atoms with Gasteiger partial charge in [0.15, 0.2) is 5.03 Å². The molecule has 0 fully saturated rings. The van der Waals surface area contributed by atoms with Crippen molar-refractivity contribution in [1.82, 2.24) is 19.5 Å². The highest BCUT2D eigenvalue weighted by Gasteiger charge is 2.23. The number of aromatic nitrogens is 4. The molecule has 0 aliphatic heterocycles. The summed E-state index contributed by atoms with van der Waals surface area (Å²) in [6, 6.07) is 0.197. The fourth-order valence-electron chi connectivity index (χ4n) is 2.23. The Morgan fingerprint density at radius 2 is 1.74 bits per heavy atom. The van der Waals surface area contributed by atoms with Gasteiger partial charge in [0, 0.05) is 19.2 Å². The SMILES string of the molecule is COc1nc(C)c(NS(=O)(=O)c2cn(C)c(C(C)C)n2)c(C)n1. The molecule has 0 bridgehead atoms. The van der Waals surface area contributed by atoms with Gasteiger partial charge >= 0.3 is 6.01 Å². The van der Waals surface area contributed by atoms with E-state index in [-0.39, 0.29) is 17.0 Å². The van der Waals surface area contributed by atoms with Gasteiger partial charge < -0.3 is 9.30 Å². The zero-order valence-corrected chi connectivity index (χ0v) is 14.9. The van der Waals surface area contributed by atoms with E-state index in [2.05, 4.69) is 19.7 Å². The number of methoxy groups -OCH3 is 1. The predicted octanol–water partition coefficient (Wildman–Crippen LogP) is 1.76. The molecule has 0 aliphatic carbocycles. The van der Waals surface area contributed by atoms with Crippen molar-refractivity contribution in [3.63, 3.8) is 0 Å². The van der Waals surface area contributed by atoms with E-state index >= 15 is 0 Å². The second kappa shape index (κ2) is 6.15. The Labute approximate surface area is 136 Å². The van der Waals surface area contributed by atoms with Crippen molar-refractivity contribution in [2.45, 2.75) is 38.6 Å². The Balaban J connectivity index is 2.41. The minimum absolute atomic E-state index is 0.0293. The van der Waals surface area contributed by atoms with Gasteiger partial charge in [-0.15, -0.1) is 0 Å². The van der Waals surface area contributed by atoms with Crippen LogP contribution in [0.25, 0.3) is 0 Å². The Bertz CT molecular complexity index is 804. The number of hydrogen-bond acceptors (Lipinski definition) is 6. The van der Waals surface area contributed by atoms with Crippen molar-refractivity contribution < 1.29 is 13.2 Å². The second-order valence-corrected chi connectivity index (χ2v) is 7.19. The normalized spacial score (nSPS) is 11.8. The van der Waals surface area contributed by atoms with Gasteiger partial charge in [0.05, 0.1) is 24.2 Å². The number of ether oxygens (including phenoxy) is 1. The Hall–Kier alpha value is -2.16. The maximum absolute atomic E-state index is 12.6. The molecule has 23 heavy (non-hydrogen) atoms. The molecular weight excluding hydrogens is 318 g/mol. The summed E-state index contributed by atoms with van der Waals surface area (Å²) in [6.45, 7) is 7.29. The van der Waals surface area contributed by atoms with Crippen molar-refractivity contribution >= 4 is 15.7 Å². The van der Waals surface area contributed by atoms with Crippen LogP contribution in [0.3, 0.4) is 0 Å². The van der Waals surface area contributed by atoms with Gasteiger partial charge in [-0.3, -0.25) is 4.72 Å². The lowest BCUT2D eigenvalue weighted by atomic mass is 10.2. The van der Waals surface area contributed by atoms with Crippen molar-refractivity contribution in [2.75, 3.05) is 11.8 Å². The highest BCUT2D eigenvalue weighted by atomic mass is 32.2. The van der Waals surface area contributed by atoms with Gasteiger partial charge in [-0.05, 0) is 13.8 Å². The Kier molecular flexibility index (Phi) is 4.60. The quantitative estimate of drug-likeness (QED) is 0.891. The van der Waals surface area contributed by atoms with Crippen LogP contribution in [0, 0.1) is 13.8 Å². The molecule has 2 rings (SSSR count). The fourth-order valence-corrected chi connectivity index (χ4v) is 3.41. The van der Waals surface area contributed by atoms with E-state index in [1.54, 1.807) is 25.5 Å². The third-order valence-electron chi connectivity index (χ3n) is 3.35. The molecule has 0 amide bonds. The van der Waals surface area contributed by atoms with Crippen molar-refractivity contribution in [1.29, 1.82) is 0 Å². The summed E-state index contributed by atoms with van der Waals surface area (Å²) >= 11 is 0. The molecule has 0 aliphatic rings. The molecule has 0 radical (unpaired) electrons. The largest absolute Gasteiger partial charge is 0.467 e. The van der Waals surface area contributed by atoms with Gasteiger partial charge in [0.2, 0.25) is 0 Å². The van der Waals surface area contributed by atoms with Crippen molar-refractivity contribution in [3.05, 3.63) is 23.4 Å². The number of hydrogen-bond donors (Lipinski definition) is 1. The number of anilines is 1. The van der Waals surface area contributed by atoms with Crippen LogP contribution < -0.4 is 9.46 Å². The van der Waals surface area contributed by atoms with Crippen LogP contribution in [0.5, 0.6) is 6.01 Å². The average molecular weight is 339 g/mol. The molecule has 0 saturated heterocycles. The second-order valence-electron chi connectivity index (χ2n) is 5.56. The first-order valence-corrected chi connectivity index (χ1v) is 8.59. The molecule has 2 aromatic heterocycles. The minimum atomic E-state index is -3.82. The third-order valence-corrected chi connectivity index (χ3v) is 4.57.